The molecule has 0 bridgehead atoms. The number of methoxy groups -OCH3 is 1. The zero-order valence-electron chi connectivity index (χ0n) is 11.0. The van der Waals surface area contributed by atoms with Gasteiger partial charge in [-0.05, 0) is 36.4 Å². The predicted octanol–water partition coefficient (Wildman–Crippen LogP) is 2.55. The van der Waals surface area contributed by atoms with Crippen LogP contribution in [0.15, 0.2) is 48.5 Å². The highest BCUT2D eigenvalue weighted by Crippen LogP contribution is 2.20. The molecular formula is C15H16N2O2. The van der Waals surface area contributed by atoms with Crippen LogP contribution >= 0.6 is 0 Å². The SMILES string of the molecule is COc1cccc(C(=O)N(C)c2cccc(N)c2)c1. The fourth-order valence-electron chi connectivity index (χ4n) is 1.80. The molecule has 4 heteroatoms. The van der Waals surface area contributed by atoms with Crippen LogP contribution in [-0.4, -0.2) is 20.1 Å². The molecule has 19 heavy (non-hydrogen) atoms. The molecule has 0 saturated heterocycles. The van der Waals surface area contributed by atoms with Crippen molar-refractivity contribution >= 4 is 17.3 Å². The van der Waals surface area contributed by atoms with Crippen molar-refractivity contribution in [3.05, 3.63) is 54.1 Å². The highest BCUT2D eigenvalue weighted by Gasteiger charge is 2.14. The van der Waals surface area contributed by atoms with E-state index in [0.717, 1.165) is 5.69 Å². The minimum atomic E-state index is -0.107. The molecule has 2 aromatic carbocycles. The van der Waals surface area contributed by atoms with Crippen molar-refractivity contribution in [2.24, 2.45) is 0 Å². The number of nitrogen functional groups attached to an aromatic ring is 1. The molecule has 2 rings (SSSR count). The van der Waals surface area contributed by atoms with Crippen LogP contribution in [0.4, 0.5) is 11.4 Å². The lowest BCUT2D eigenvalue weighted by molar-refractivity contribution is 0.0992. The Bertz CT molecular complexity index is 596. The Morgan fingerprint density at radius 3 is 2.58 bits per heavy atom. The van der Waals surface area contributed by atoms with Crippen molar-refractivity contribution in [3.8, 4) is 5.75 Å². The van der Waals surface area contributed by atoms with E-state index in [9.17, 15) is 4.79 Å². The molecular weight excluding hydrogens is 240 g/mol. The number of ether oxygens (including phenoxy) is 1. The van der Waals surface area contributed by atoms with Crippen LogP contribution in [0.5, 0.6) is 5.75 Å². The number of hydrogen-bond donors (Lipinski definition) is 1. The molecule has 98 valence electrons. The molecule has 0 fully saturated rings. The topological polar surface area (TPSA) is 55.6 Å². The number of nitrogens with zero attached hydrogens (tertiary/aromatic N) is 1. The second kappa shape index (κ2) is 5.44. The van der Waals surface area contributed by atoms with Crippen molar-refractivity contribution in [2.45, 2.75) is 0 Å². The summed E-state index contributed by atoms with van der Waals surface area (Å²) >= 11 is 0. The van der Waals surface area contributed by atoms with Gasteiger partial charge in [0.15, 0.2) is 0 Å². The lowest BCUT2D eigenvalue weighted by Crippen LogP contribution is -2.26. The molecule has 1 amide bonds. The lowest BCUT2D eigenvalue weighted by Gasteiger charge is -2.18. The van der Waals surface area contributed by atoms with Crippen molar-refractivity contribution in [2.75, 3.05) is 24.8 Å². The number of carbonyl (C=O) groups is 1. The van der Waals surface area contributed by atoms with E-state index in [0.29, 0.717) is 17.0 Å². The Morgan fingerprint density at radius 1 is 1.16 bits per heavy atom. The standard InChI is InChI=1S/C15H16N2O2/c1-17(13-7-4-6-12(16)10-13)15(18)11-5-3-8-14(9-11)19-2/h3-10H,16H2,1-2H3. The summed E-state index contributed by atoms with van der Waals surface area (Å²) in [5, 5.41) is 0. The molecule has 0 aromatic heterocycles. The van der Waals surface area contributed by atoms with Crippen LogP contribution < -0.4 is 15.4 Å². The van der Waals surface area contributed by atoms with E-state index in [-0.39, 0.29) is 5.91 Å². The normalized spacial score (nSPS) is 10.0. The maximum atomic E-state index is 12.4. The van der Waals surface area contributed by atoms with Crippen LogP contribution in [0.1, 0.15) is 10.4 Å². The first-order valence-electron chi connectivity index (χ1n) is 5.89. The summed E-state index contributed by atoms with van der Waals surface area (Å²) in [6, 6.07) is 14.3. The molecule has 0 heterocycles. The molecule has 0 aliphatic heterocycles. The van der Waals surface area contributed by atoms with E-state index in [4.69, 9.17) is 10.5 Å². The summed E-state index contributed by atoms with van der Waals surface area (Å²) in [6.45, 7) is 0. The minimum absolute atomic E-state index is 0.107. The molecule has 2 aromatic rings. The molecule has 0 aliphatic carbocycles. The Balaban J connectivity index is 2.28. The fourth-order valence-corrected chi connectivity index (χ4v) is 1.80. The van der Waals surface area contributed by atoms with E-state index in [2.05, 4.69) is 0 Å². The van der Waals surface area contributed by atoms with Crippen molar-refractivity contribution in [1.29, 1.82) is 0 Å². The van der Waals surface area contributed by atoms with Crippen molar-refractivity contribution < 1.29 is 9.53 Å². The second-order valence-corrected chi connectivity index (χ2v) is 4.19. The predicted molar refractivity (Wildman–Crippen MR) is 76.6 cm³/mol. The zero-order chi connectivity index (χ0) is 13.8. The number of nitrogens with two attached hydrogens (primary N) is 1. The molecule has 0 aliphatic rings. The number of hydrogen-bond acceptors (Lipinski definition) is 3. The molecule has 0 atom stereocenters. The van der Waals surface area contributed by atoms with Crippen LogP contribution in [0, 0.1) is 0 Å². The molecule has 2 N–H and O–H groups in total. The summed E-state index contributed by atoms with van der Waals surface area (Å²) in [6.07, 6.45) is 0. The Kier molecular flexibility index (Phi) is 3.71. The van der Waals surface area contributed by atoms with Gasteiger partial charge in [-0.1, -0.05) is 12.1 Å². The number of anilines is 2. The maximum Gasteiger partial charge on any atom is 0.258 e. The monoisotopic (exact) mass is 256 g/mol. The molecule has 0 unspecified atom stereocenters. The quantitative estimate of drug-likeness (QED) is 0.859. The van der Waals surface area contributed by atoms with Gasteiger partial charge in [0.1, 0.15) is 5.75 Å². The van der Waals surface area contributed by atoms with E-state index in [1.54, 1.807) is 55.5 Å². The van der Waals surface area contributed by atoms with Crippen molar-refractivity contribution in [1.82, 2.24) is 0 Å². The summed E-state index contributed by atoms with van der Waals surface area (Å²) in [7, 11) is 3.29. The Hall–Kier alpha value is -2.49. The zero-order valence-corrected chi connectivity index (χ0v) is 11.0. The van der Waals surface area contributed by atoms with Gasteiger partial charge in [-0.3, -0.25) is 4.79 Å². The summed E-state index contributed by atoms with van der Waals surface area (Å²) in [4.78, 5) is 13.9. The Labute approximate surface area is 112 Å². The first-order chi connectivity index (χ1) is 9.11. The van der Waals surface area contributed by atoms with Gasteiger partial charge < -0.3 is 15.4 Å². The van der Waals surface area contributed by atoms with Gasteiger partial charge in [0.05, 0.1) is 7.11 Å². The minimum Gasteiger partial charge on any atom is -0.497 e. The van der Waals surface area contributed by atoms with Crippen LogP contribution in [0.2, 0.25) is 0 Å². The van der Waals surface area contributed by atoms with E-state index >= 15 is 0 Å². The highest BCUT2D eigenvalue weighted by atomic mass is 16.5. The largest absolute Gasteiger partial charge is 0.497 e. The smallest absolute Gasteiger partial charge is 0.258 e. The number of amides is 1. The summed E-state index contributed by atoms with van der Waals surface area (Å²) < 4.78 is 5.12. The summed E-state index contributed by atoms with van der Waals surface area (Å²) in [5.41, 5.74) is 7.68. The van der Waals surface area contributed by atoms with Gasteiger partial charge in [-0.25, -0.2) is 0 Å². The highest BCUT2D eigenvalue weighted by molar-refractivity contribution is 6.06. The van der Waals surface area contributed by atoms with Gasteiger partial charge in [-0.15, -0.1) is 0 Å². The lowest BCUT2D eigenvalue weighted by atomic mass is 10.1. The number of benzene rings is 2. The molecule has 0 radical (unpaired) electrons. The van der Waals surface area contributed by atoms with E-state index in [1.807, 2.05) is 12.1 Å². The average Bonchev–Trinajstić information content (AvgIpc) is 2.45. The summed E-state index contributed by atoms with van der Waals surface area (Å²) in [5.74, 6) is 0.552. The second-order valence-electron chi connectivity index (χ2n) is 4.19. The van der Waals surface area contributed by atoms with Crippen molar-refractivity contribution in [3.63, 3.8) is 0 Å². The van der Waals surface area contributed by atoms with Crippen LogP contribution in [-0.2, 0) is 0 Å². The first-order valence-corrected chi connectivity index (χ1v) is 5.89. The van der Waals surface area contributed by atoms with Crippen LogP contribution in [0.25, 0.3) is 0 Å². The third-order valence-corrected chi connectivity index (χ3v) is 2.88. The third kappa shape index (κ3) is 2.85. The fraction of sp³-hybridized carbons (Fsp3) is 0.133. The molecule has 0 saturated carbocycles. The first kappa shape index (κ1) is 13.0. The van der Waals surface area contributed by atoms with E-state index < -0.39 is 0 Å². The van der Waals surface area contributed by atoms with Gasteiger partial charge >= 0.3 is 0 Å². The molecule has 0 spiro atoms. The Morgan fingerprint density at radius 2 is 1.89 bits per heavy atom. The number of rotatable bonds is 3. The van der Waals surface area contributed by atoms with Gasteiger partial charge in [0, 0.05) is 24.0 Å². The number of carbonyl (C=O) groups excluding carboxylic acids is 1. The van der Waals surface area contributed by atoms with Gasteiger partial charge in [-0.2, -0.15) is 0 Å². The van der Waals surface area contributed by atoms with Gasteiger partial charge in [0.25, 0.3) is 5.91 Å². The average molecular weight is 256 g/mol. The van der Waals surface area contributed by atoms with Crippen LogP contribution in [0.3, 0.4) is 0 Å². The van der Waals surface area contributed by atoms with Gasteiger partial charge in [0.2, 0.25) is 0 Å². The maximum absolute atomic E-state index is 12.4. The third-order valence-electron chi connectivity index (χ3n) is 2.88. The molecule has 4 nitrogen and oxygen atoms in total. The van der Waals surface area contributed by atoms with E-state index in [1.165, 1.54) is 0 Å².